The van der Waals surface area contributed by atoms with Crippen molar-refractivity contribution in [1.29, 1.82) is 0 Å². The maximum Gasteiger partial charge on any atom is 0.306 e. The van der Waals surface area contributed by atoms with Crippen molar-refractivity contribution in [3.8, 4) is 0 Å². The maximum atomic E-state index is 11.5. The molecule has 0 radical (unpaired) electrons. The molecule has 0 saturated carbocycles. The van der Waals surface area contributed by atoms with Crippen LogP contribution in [0.3, 0.4) is 0 Å². The van der Waals surface area contributed by atoms with Crippen LogP contribution in [-0.2, 0) is 17.6 Å². The minimum atomic E-state index is -0.710. The fourth-order valence-corrected chi connectivity index (χ4v) is 6.06. The van der Waals surface area contributed by atoms with Crippen LogP contribution in [0.2, 0.25) is 0 Å². The molecule has 6 nitrogen and oxygen atoms in total. The fourth-order valence-electron chi connectivity index (χ4n) is 4.23. The van der Waals surface area contributed by atoms with Crippen LogP contribution in [0.5, 0.6) is 0 Å². The van der Waals surface area contributed by atoms with Crippen LogP contribution in [0.1, 0.15) is 29.3 Å². The van der Waals surface area contributed by atoms with E-state index < -0.39 is 5.97 Å². The van der Waals surface area contributed by atoms with Crippen molar-refractivity contribution in [3.63, 3.8) is 0 Å². The van der Waals surface area contributed by atoms with Crippen molar-refractivity contribution in [3.05, 3.63) is 40.0 Å². The molecule has 0 spiro atoms. The van der Waals surface area contributed by atoms with Gasteiger partial charge in [0.15, 0.2) is 0 Å². The molecule has 0 fully saturated rings. The Morgan fingerprint density at radius 3 is 3.03 bits per heavy atom. The number of thiophene rings is 1. The minimum absolute atomic E-state index is 0.304. The number of anilines is 3. The molecular formula is C22H22N4O2S2. The van der Waals surface area contributed by atoms with Crippen molar-refractivity contribution >= 4 is 62.6 Å². The number of nitrogens with one attached hydrogen (secondary N) is 2. The molecule has 8 heteroatoms. The molecule has 0 bridgehead atoms. The van der Waals surface area contributed by atoms with Crippen molar-refractivity contribution in [1.82, 2.24) is 9.97 Å². The number of carbonyl (C=O) groups is 1. The predicted octanol–water partition coefficient (Wildman–Crippen LogP) is 5.18. The molecule has 1 unspecified atom stereocenters. The SMILES string of the molecule is CSc1cc2c(cc1Nc1ncnc3sc4c(c13)CCC(C(=O)O)C4)C=C(C)CN2. The standard InChI is InChI=1S/C22H22N4O2S2/c1-11-5-13-6-16(18(29-2)8-15(13)23-9-11)26-20-19-14-4-3-12(22(27)28)7-17(14)30-21(19)25-10-24-20/h5-6,8,10,12,23H,3-4,7,9H2,1-2H3,(H,27,28)(H,24,25,26). The number of carboxylic acid groups (broad SMARTS) is 1. The summed E-state index contributed by atoms with van der Waals surface area (Å²) in [6.07, 6.45) is 7.87. The molecule has 154 valence electrons. The lowest BCUT2D eigenvalue weighted by molar-refractivity contribution is -0.142. The lowest BCUT2D eigenvalue weighted by atomic mass is 9.88. The van der Waals surface area contributed by atoms with E-state index in [0.29, 0.717) is 12.8 Å². The molecule has 2 aliphatic rings. The summed E-state index contributed by atoms with van der Waals surface area (Å²) in [5.41, 5.74) is 5.84. The normalized spacial score (nSPS) is 17.7. The monoisotopic (exact) mass is 438 g/mol. The number of benzene rings is 1. The molecule has 3 aromatic rings. The first kappa shape index (κ1) is 19.4. The Morgan fingerprint density at radius 2 is 2.23 bits per heavy atom. The molecule has 1 aliphatic carbocycles. The molecule has 1 aliphatic heterocycles. The summed E-state index contributed by atoms with van der Waals surface area (Å²) >= 11 is 3.30. The summed E-state index contributed by atoms with van der Waals surface area (Å²) in [6, 6.07) is 4.36. The van der Waals surface area contributed by atoms with Gasteiger partial charge in [0.2, 0.25) is 0 Å². The first-order chi connectivity index (χ1) is 14.5. The Morgan fingerprint density at radius 1 is 1.37 bits per heavy atom. The summed E-state index contributed by atoms with van der Waals surface area (Å²) < 4.78 is 0. The van der Waals surface area contributed by atoms with E-state index in [9.17, 15) is 9.90 Å². The van der Waals surface area contributed by atoms with Gasteiger partial charge in [0.25, 0.3) is 0 Å². The topological polar surface area (TPSA) is 87.1 Å². The molecule has 30 heavy (non-hydrogen) atoms. The number of hydrogen-bond acceptors (Lipinski definition) is 7. The van der Waals surface area contributed by atoms with Crippen LogP contribution >= 0.6 is 23.1 Å². The summed E-state index contributed by atoms with van der Waals surface area (Å²) in [5, 5.41) is 17.5. The third kappa shape index (κ3) is 3.33. The lowest BCUT2D eigenvalue weighted by Gasteiger charge is -2.21. The highest BCUT2D eigenvalue weighted by molar-refractivity contribution is 7.98. The molecule has 5 rings (SSSR count). The lowest BCUT2D eigenvalue weighted by Crippen LogP contribution is -2.21. The Kier molecular flexibility index (Phi) is 4.91. The number of fused-ring (bicyclic) bond motifs is 4. The van der Waals surface area contributed by atoms with Gasteiger partial charge in [-0.2, -0.15) is 0 Å². The zero-order chi connectivity index (χ0) is 20.8. The Bertz CT molecular complexity index is 1200. The second kappa shape index (κ2) is 7.59. The van der Waals surface area contributed by atoms with Gasteiger partial charge in [-0.15, -0.1) is 23.1 Å². The molecule has 1 aromatic carbocycles. The van der Waals surface area contributed by atoms with E-state index in [2.05, 4.69) is 52.0 Å². The van der Waals surface area contributed by atoms with Gasteiger partial charge in [-0.1, -0.05) is 11.6 Å². The van der Waals surface area contributed by atoms with Crippen molar-refractivity contribution < 1.29 is 9.90 Å². The highest BCUT2D eigenvalue weighted by Gasteiger charge is 2.29. The average Bonchev–Trinajstić information content (AvgIpc) is 3.11. The van der Waals surface area contributed by atoms with Gasteiger partial charge in [0, 0.05) is 22.0 Å². The first-order valence-corrected chi connectivity index (χ1v) is 12.0. The van der Waals surface area contributed by atoms with E-state index in [0.717, 1.165) is 50.1 Å². The van der Waals surface area contributed by atoms with Gasteiger partial charge in [-0.3, -0.25) is 4.79 Å². The predicted molar refractivity (Wildman–Crippen MR) is 124 cm³/mol. The molecule has 0 saturated heterocycles. The van der Waals surface area contributed by atoms with Gasteiger partial charge in [0.1, 0.15) is 17.0 Å². The smallest absolute Gasteiger partial charge is 0.306 e. The van der Waals surface area contributed by atoms with E-state index in [1.807, 2.05) is 0 Å². The Balaban J connectivity index is 1.57. The number of aliphatic carboxylic acids is 1. The zero-order valence-corrected chi connectivity index (χ0v) is 18.4. The van der Waals surface area contributed by atoms with E-state index in [-0.39, 0.29) is 5.92 Å². The molecule has 1 atom stereocenters. The summed E-state index contributed by atoms with van der Waals surface area (Å²) in [4.78, 5) is 23.7. The largest absolute Gasteiger partial charge is 0.481 e. The second-order valence-corrected chi connectivity index (χ2v) is 9.72. The molecule has 2 aromatic heterocycles. The minimum Gasteiger partial charge on any atom is -0.481 e. The number of aromatic nitrogens is 2. The van der Waals surface area contributed by atoms with E-state index >= 15 is 0 Å². The number of thioether (sulfide) groups is 1. The first-order valence-electron chi connectivity index (χ1n) is 9.91. The molecule has 3 N–H and O–H groups in total. The van der Waals surface area contributed by atoms with Crippen LogP contribution in [0.25, 0.3) is 16.3 Å². The molecule has 0 amide bonds. The number of nitrogens with zero attached hydrogens (tertiary/aromatic N) is 2. The number of rotatable bonds is 4. The highest BCUT2D eigenvalue weighted by atomic mass is 32.2. The van der Waals surface area contributed by atoms with Crippen LogP contribution in [0.15, 0.2) is 28.9 Å². The van der Waals surface area contributed by atoms with E-state index in [4.69, 9.17) is 0 Å². The Hall–Kier alpha value is -2.58. The summed E-state index contributed by atoms with van der Waals surface area (Å²) in [6.45, 7) is 3.00. The summed E-state index contributed by atoms with van der Waals surface area (Å²) in [5.74, 6) is -0.217. The molecule has 3 heterocycles. The van der Waals surface area contributed by atoms with Crippen molar-refractivity contribution in [2.24, 2.45) is 5.92 Å². The van der Waals surface area contributed by atoms with Crippen molar-refractivity contribution in [2.45, 2.75) is 31.1 Å². The van der Waals surface area contributed by atoms with E-state index in [1.165, 1.54) is 16.7 Å². The van der Waals surface area contributed by atoms with E-state index in [1.54, 1.807) is 29.4 Å². The third-order valence-corrected chi connectivity index (χ3v) is 7.72. The zero-order valence-electron chi connectivity index (χ0n) is 16.8. The number of aryl methyl sites for hydroxylation is 1. The maximum absolute atomic E-state index is 11.5. The second-order valence-electron chi connectivity index (χ2n) is 7.79. The van der Waals surface area contributed by atoms with Gasteiger partial charge in [0.05, 0.1) is 17.0 Å². The highest BCUT2D eigenvalue weighted by Crippen LogP contribution is 2.42. The van der Waals surface area contributed by atoms with Gasteiger partial charge >= 0.3 is 5.97 Å². The number of carboxylic acids is 1. The van der Waals surface area contributed by atoms with Crippen LogP contribution in [0, 0.1) is 5.92 Å². The van der Waals surface area contributed by atoms with Crippen LogP contribution in [-0.4, -0.2) is 33.8 Å². The van der Waals surface area contributed by atoms with Gasteiger partial charge < -0.3 is 15.7 Å². The van der Waals surface area contributed by atoms with Crippen LogP contribution < -0.4 is 10.6 Å². The van der Waals surface area contributed by atoms with Crippen LogP contribution in [0.4, 0.5) is 17.2 Å². The van der Waals surface area contributed by atoms with Crippen molar-refractivity contribution in [2.75, 3.05) is 23.4 Å². The van der Waals surface area contributed by atoms with Gasteiger partial charge in [-0.25, -0.2) is 9.97 Å². The number of hydrogen-bond donors (Lipinski definition) is 3. The fraction of sp³-hybridized carbons (Fsp3) is 0.318. The molecular weight excluding hydrogens is 416 g/mol. The summed E-state index contributed by atoms with van der Waals surface area (Å²) in [7, 11) is 0. The Labute approximate surface area is 182 Å². The quantitative estimate of drug-likeness (QED) is 0.484. The van der Waals surface area contributed by atoms with Gasteiger partial charge in [-0.05, 0) is 55.7 Å². The average molecular weight is 439 g/mol. The third-order valence-electron chi connectivity index (χ3n) is 5.78.